The van der Waals surface area contributed by atoms with Gasteiger partial charge in [-0.05, 0) is 55.3 Å². The van der Waals surface area contributed by atoms with Crippen LogP contribution in [0.15, 0.2) is 66.0 Å². The molecule has 0 bridgehead atoms. The Morgan fingerprint density at radius 1 is 1.10 bits per heavy atom. The average Bonchev–Trinajstić information content (AvgIpc) is 3.35. The Balaban J connectivity index is 1.43. The zero-order chi connectivity index (χ0) is 21.8. The average molecular weight is 440 g/mol. The summed E-state index contributed by atoms with van der Waals surface area (Å²) in [5, 5.41) is 6.88. The highest BCUT2D eigenvalue weighted by atomic mass is 32.2. The van der Waals surface area contributed by atoms with Crippen LogP contribution in [0.25, 0.3) is 5.82 Å². The summed E-state index contributed by atoms with van der Waals surface area (Å²) in [4.78, 5) is 17.0. The van der Waals surface area contributed by atoms with Crippen LogP contribution < -0.4 is 5.32 Å². The van der Waals surface area contributed by atoms with Gasteiger partial charge in [0.25, 0.3) is 5.91 Å². The minimum Gasteiger partial charge on any atom is -0.321 e. The second kappa shape index (κ2) is 8.99. The van der Waals surface area contributed by atoms with E-state index in [4.69, 9.17) is 0 Å². The van der Waals surface area contributed by atoms with Gasteiger partial charge < -0.3 is 5.32 Å². The fraction of sp³-hybridized carbons (Fsp3) is 0.318. The lowest BCUT2D eigenvalue weighted by atomic mass is 9.96. The number of hydrogen-bond donors (Lipinski definition) is 1. The van der Waals surface area contributed by atoms with Crippen LogP contribution in [0.2, 0.25) is 0 Å². The molecule has 162 valence electrons. The minimum atomic E-state index is -3.58. The van der Waals surface area contributed by atoms with E-state index in [-0.39, 0.29) is 16.8 Å². The van der Waals surface area contributed by atoms with Crippen molar-refractivity contribution >= 4 is 21.6 Å². The van der Waals surface area contributed by atoms with Gasteiger partial charge in [-0.1, -0.05) is 19.3 Å². The monoisotopic (exact) mass is 439 g/mol. The van der Waals surface area contributed by atoms with Gasteiger partial charge in [-0.2, -0.15) is 9.40 Å². The summed E-state index contributed by atoms with van der Waals surface area (Å²) in [5.74, 6) is 0.304. The third-order valence-electron chi connectivity index (χ3n) is 5.63. The van der Waals surface area contributed by atoms with Crippen molar-refractivity contribution in [3.8, 4) is 5.82 Å². The van der Waals surface area contributed by atoms with Crippen LogP contribution in [-0.4, -0.2) is 46.5 Å². The van der Waals surface area contributed by atoms with E-state index < -0.39 is 10.0 Å². The number of amides is 1. The molecule has 1 aliphatic carbocycles. The maximum absolute atomic E-state index is 12.9. The molecule has 1 fully saturated rings. The van der Waals surface area contributed by atoms with Gasteiger partial charge in [-0.15, -0.1) is 0 Å². The quantitative estimate of drug-likeness (QED) is 0.634. The van der Waals surface area contributed by atoms with Crippen molar-refractivity contribution in [1.82, 2.24) is 19.1 Å². The molecule has 2 aromatic heterocycles. The molecule has 1 saturated carbocycles. The third kappa shape index (κ3) is 4.67. The number of nitrogens with zero attached hydrogens (tertiary/aromatic N) is 4. The first-order valence-corrected chi connectivity index (χ1v) is 11.7. The molecule has 9 heteroatoms. The molecule has 1 amide bonds. The van der Waals surface area contributed by atoms with Crippen molar-refractivity contribution in [2.75, 3.05) is 12.4 Å². The second-order valence-electron chi connectivity index (χ2n) is 7.65. The minimum absolute atomic E-state index is 0.0407. The normalized spacial score (nSPS) is 15.2. The lowest BCUT2D eigenvalue weighted by Crippen LogP contribution is -2.38. The summed E-state index contributed by atoms with van der Waals surface area (Å²) in [5.41, 5.74) is 0.907. The molecule has 3 aromatic rings. The number of hydrogen-bond acceptors (Lipinski definition) is 5. The highest BCUT2D eigenvalue weighted by Crippen LogP contribution is 2.26. The van der Waals surface area contributed by atoms with Gasteiger partial charge in [0.15, 0.2) is 5.82 Å². The number of anilines is 1. The van der Waals surface area contributed by atoms with E-state index in [9.17, 15) is 13.2 Å². The smallest absolute Gasteiger partial charge is 0.255 e. The fourth-order valence-electron chi connectivity index (χ4n) is 3.79. The number of rotatable bonds is 6. The van der Waals surface area contributed by atoms with Gasteiger partial charge in [0, 0.05) is 31.0 Å². The van der Waals surface area contributed by atoms with Gasteiger partial charge in [-0.3, -0.25) is 4.79 Å². The van der Waals surface area contributed by atoms with Gasteiger partial charge in [-0.25, -0.2) is 18.1 Å². The number of nitrogens with one attached hydrogen (secondary N) is 1. The van der Waals surface area contributed by atoms with E-state index in [1.807, 2.05) is 0 Å². The lowest BCUT2D eigenvalue weighted by Gasteiger charge is -2.30. The molecular weight excluding hydrogens is 414 g/mol. The first-order chi connectivity index (χ1) is 14.9. The van der Waals surface area contributed by atoms with Crippen LogP contribution in [0.4, 0.5) is 5.69 Å². The molecule has 2 heterocycles. The second-order valence-corrected chi connectivity index (χ2v) is 9.64. The molecule has 31 heavy (non-hydrogen) atoms. The van der Waals surface area contributed by atoms with Gasteiger partial charge in [0.2, 0.25) is 10.0 Å². The summed E-state index contributed by atoms with van der Waals surface area (Å²) in [7, 11) is -1.94. The number of benzene rings is 1. The Labute approximate surface area is 182 Å². The molecular formula is C22H25N5O3S. The number of aromatic nitrogens is 3. The molecule has 0 spiro atoms. The largest absolute Gasteiger partial charge is 0.321 e. The molecule has 8 nitrogen and oxygen atoms in total. The summed E-state index contributed by atoms with van der Waals surface area (Å²) >= 11 is 0. The predicted octanol–water partition coefficient (Wildman–Crippen LogP) is 3.47. The third-order valence-corrected chi connectivity index (χ3v) is 7.55. The molecule has 1 N–H and O–H groups in total. The summed E-state index contributed by atoms with van der Waals surface area (Å²) in [6.07, 6.45) is 10.0. The molecule has 0 aliphatic heterocycles. The molecule has 0 unspecified atom stereocenters. The first-order valence-electron chi connectivity index (χ1n) is 10.3. The zero-order valence-corrected chi connectivity index (χ0v) is 18.1. The van der Waals surface area contributed by atoms with Crippen LogP contribution in [0.3, 0.4) is 0 Å². The standard InChI is InChI=1S/C22H25N5O3S/c1-26(19-6-3-2-4-7-19)31(29,30)20-11-8-17(9-12-20)22(28)25-18-10-13-21(23-16-18)27-15-5-14-24-27/h5,8-16,19H,2-4,6-7H2,1H3,(H,25,28). The Morgan fingerprint density at radius 2 is 1.84 bits per heavy atom. The summed E-state index contributed by atoms with van der Waals surface area (Å²) in [6, 6.07) is 11.4. The number of pyridine rings is 1. The Hall–Kier alpha value is -3.04. The summed E-state index contributed by atoms with van der Waals surface area (Å²) < 4.78 is 29.0. The highest BCUT2D eigenvalue weighted by molar-refractivity contribution is 7.89. The molecule has 1 aliphatic rings. The van der Waals surface area contributed by atoms with E-state index in [1.165, 1.54) is 28.6 Å². The van der Waals surface area contributed by atoms with Crippen molar-refractivity contribution in [2.24, 2.45) is 0 Å². The number of sulfonamides is 1. The van der Waals surface area contributed by atoms with Crippen LogP contribution in [-0.2, 0) is 10.0 Å². The van der Waals surface area contributed by atoms with Crippen molar-refractivity contribution in [3.63, 3.8) is 0 Å². The Morgan fingerprint density at radius 3 is 2.45 bits per heavy atom. The van der Waals surface area contributed by atoms with E-state index in [2.05, 4.69) is 15.4 Å². The predicted molar refractivity (Wildman–Crippen MR) is 118 cm³/mol. The maximum Gasteiger partial charge on any atom is 0.255 e. The lowest BCUT2D eigenvalue weighted by molar-refractivity contribution is 0.102. The maximum atomic E-state index is 12.9. The Bertz CT molecular complexity index is 1120. The molecule has 4 rings (SSSR count). The van der Waals surface area contributed by atoms with Crippen LogP contribution in [0.5, 0.6) is 0 Å². The number of carbonyl (C=O) groups excluding carboxylic acids is 1. The van der Waals surface area contributed by atoms with Crippen LogP contribution >= 0.6 is 0 Å². The number of carbonyl (C=O) groups is 1. The van der Waals surface area contributed by atoms with E-state index in [0.717, 1.165) is 32.1 Å². The Kier molecular flexibility index (Phi) is 6.15. The van der Waals surface area contributed by atoms with E-state index in [0.29, 0.717) is 17.1 Å². The topological polar surface area (TPSA) is 97.2 Å². The van der Waals surface area contributed by atoms with E-state index in [1.54, 1.807) is 48.5 Å². The van der Waals surface area contributed by atoms with E-state index >= 15 is 0 Å². The summed E-state index contributed by atoms with van der Waals surface area (Å²) in [6.45, 7) is 0. The fourth-order valence-corrected chi connectivity index (χ4v) is 5.20. The van der Waals surface area contributed by atoms with Crippen molar-refractivity contribution in [1.29, 1.82) is 0 Å². The van der Waals surface area contributed by atoms with Crippen LogP contribution in [0, 0.1) is 0 Å². The van der Waals surface area contributed by atoms with Crippen molar-refractivity contribution in [3.05, 3.63) is 66.6 Å². The molecule has 0 atom stereocenters. The van der Waals surface area contributed by atoms with Gasteiger partial charge in [0.1, 0.15) is 0 Å². The van der Waals surface area contributed by atoms with Crippen molar-refractivity contribution in [2.45, 2.75) is 43.0 Å². The zero-order valence-electron chi connectivity index (χ0n) is 17.3. The van der Waals surface area contributed by atoms with Crippen LogP contribution in [0.1, 0.15) is 42.5 Å². The van der Waals surface area contributed by atoms with Crippen molar-refractivity contribution < 1.29 is 13.2 Å². The van der Waals surface area contributed by atoms with Gasteiger partial charge in [0.05, 0.1) is 16.8 Å². The first kappa shape index (κ1) is 21.2. The van der Waals surface area contributed by atoms with Gasteiger partial charge >= 0.3 is 0 Å². The molecule has 1 aromatic carbocycles. The SMILES string of the molecule is CN(C1CCCCC1)S(=O)(=O)c1ccc(C(=O)Nc2ccc(-n3cccn3)nc2)cc1. The highest BCUT2D eigenvalue weighted by Gasteiger charge is 2.29. The molecule has 0 saturated heterocycles. The molecule has 0 radical (unpaired) electrons.